The van der Waals surface area contributed by atoms with Crippen LogP contribution in [0.1, 0.15) is 24.4 Å². The van der Waals surface area contributed by atoms with Crippen LogP contribution < -0.4 is 5.32 Å². The van der Waals surface area contributed by atoms with E-state index in [2.05, 4.69) is 5.32 Å². The lowest BCUT2D eigenvalue weighted by atomic mass is 9.99. The lowest BCUT2D eigenvalue weighted by Crippen LogP contribution is -2.43. The van der Waals surface area contributed by atoms with Gasteiger partial charge >= 0.3 is 0 Å². The third-order valence-corrected chi connectivity index (χ3v) is 4.46. The zero-order chi connectivity index (χ0) is 17.8. The Balaban J connectivity index is 1.86. The van der Waals surface area contributed by atoms with Crippen LogP contribution in [0.3, 0.4) is 0 Å². The number of carbonyl (C=O) groups excluding carboxylic acids is 1. The van der Waals surface area contributed by atoms with Crippen molar-refractivity contribution in [3.05, 3.63) is 59.9 Å². The zero-order valence-electron chi connectivity index (χ0n) is 13.7. The summed E-state index contributed by atoms with van der Waals surface area (Å²) in [6.07, 6.45) is 0.841. The number of hydrogen-bond donors (Lipinski definition) is 3. The van der Waals surface area contributed by atoms with E-state index in [0.717, 1.165) is 5.56 Å². The van der Waals surface area contributed by atoms with E-state index in [1.54, 1.807) is 0 Å². The Bertz CT molecular complexity index is 731. The molecule has 0 bridgehead atoms. The predicted molar refractivity (Wildman–Crippen MR) is 92.7 cm³/mol. The van der Waals surface area contributed by atoms with E-state index in [0.29, 0.717) is 25.9 Å². The summed E-state index contributed by atoms with van der Waals surface area (Å²) in [5.74, 6) is -1.72. The van der Waals surface area contributed by atoms with Crippen molar-refractivity contribution in [2.45, 2.75) is 25.0 Å². The molecule has 3 N–H and O–H groups in total. The normalized spacial score (nSPS) is 17.2. The number of benzene rings is 2. The number of amides is 1. The number of aliphatic hydroxyl groups excluding tert-OH is 1. The number of halogens is 1. The molecule has 1 fully saturated rings. The summed E-state index contributed by atoms with van der Waals surface area (Å²) in [7, 11) is 0. The molecule has 2 aromatic rings. The van der Waals surface area contributed by atoms with Gasteiger partial charge in [-0.1, -0.05) is 36.4 Å². The van der Waals surface area contributed by atoms with Crippen LogP contribution in [0.15, 0.2) is 48.5 Å². The van der Waals surface area contributed by atoms with Gasteiger partial charge < -0.3 is 15.5 Å². The van der Waals surface area contributed by atoms with Crippen molar-refractivity contribution in [2.75, 3.05) is 18.4 Å². The topological polar surface area (TPSA) is 72.8 Å². The Labute approximate surface area is 145 Å². The first-order chi connectivity index (χ1) is 12.1. The van der Waals surface area contributed by atoms with Crippen LogP contribution in [-0.4, -0.2) is 40.2 Å². The Kier molecular flexibility index (Phi) is 5.31. The summed E-state index contributed by atoms with van der Waals surface area (Å²) in [4.78, 5) is 14.9. The van der Waals surface area contributed by atoms with Gasteiger partial charge in [0, 0.05) is 13.1 Å². The largest absolute Gasteiger partial charge is 0.505 e. The fourth-order valence-corrected chi connectivity index (χ4v) is 3.12. The molecule has 1 atom stereocenters. The number of aliphatic hydroxyl groups is 1. The summed E-state index contributed by atoms with van der Waals surface area (Å²) in [5.41, 5.74) is 0.750. The van der Waals surface area contributed by atoms with E-state index < -0.39 is 17.6 Å². The molecule has 1 saturated heterocycles. The quantitative estimate of drug-likeness (QED) is 0.797. The fourth-order valence-electron chi connectivity index (χ4n) is 3.12. The van der Waals surface area contributed by atoms with Crippen LogP contribution >= 0.6 is 0 Å². The van der Waals surface area contributed by atoms with E-state index in [1.165, 1.54) is 18.2 Å². The molecule has 0 aliphatic carbocycles. The molecule has 1 aliphatic rings. The highest BCUT2D eigenvalue weighted by Crippen LogP contribution is 2.28. The number of phenols is 1. The predicted octanol–water partition coefficient (Wildman–Crippen LogP) is 2.67. The lowest BCUT2D eigenvalue weighted by molar-refractivity contribution is -0.122. The van der Waals surface area contributed by atoms with Crippen LogP contribution in [0.4, 0.5) is 10.1 Å². The van der Waals surface area contributed by atoms with Crippen molar-refractivity contribution < 1.29 is 19.4 Å². The van der Waals surface area contributed by atoms with Gasteiger partial charge in [0.2, 0.25) is 5.91 Å². The van der Waals surface area contributed by atoms with E-state index >= 15 is 0 Å². The Hall–Kier alpha value is -2.44. The maximum Gasteiger partial charge on any atom is 0.246 e. The number of rotatable bonds is 4. The number of likely N-dealkylation sites (tertiary alicyclic amines) is 1. The molecule has 3 rings (SSSR count). The number of phenolic OH excluding ortho intramolecular Hbond substituents is 1. The standard InChI is InChI=1S/C19H21FN2O3/c20-17-15(7-4-8-16(17)24)21-19(25)18(13-5-2-1-3-6-13)22-11-9-14(23)10-12-22/h1-8,14,18,23-24H,9-12H2,(H,21,25). The fraction of sp³-hybridized carbons (Fsp3) is 0.316. The van der Waals surface area contributed by atoms with Gasteiger partial charge in [0.15, 0.2) is 11.6 Å². The molecule has 1 heterocycles. The first kappa shape index (κ1) is 17.4. The van der Waals surface area contributed by atoms with Crippen LogP contribution in [0, 0.1) is 5.82 Å². The molecule has 132 valence electrons. The molecule has 0 saturated carbocycles. The van der Waals surface area contributed by atoms with E-state index in [4.69, 9.17) is 0 Å². The van der Waals surface area contributed by atoms with Gasteiger partial charge in [0.05, 0.1) is 11.8 Å². The molecular weight excluding hydrogens is 323 g/mol. The second-order valence-electron chi connectivity index (χ2n) is 6.21. The van der Waals surface area contributed by atoms with Gasteiger partial charge in [-0.25, -0.2) is 4.39 Å². The van der Waals surface area contributed by atoms with Crippen molar-refractivity contribution in [2.24, 2.45) is 0 Å². The molecule has 1 aliphatic heterocycles. The average molecular weight is 344 g/mol. The van der Waals surface area contributed by atoms with Gasteiger partial charge in [0.25, 0.3) is 0 Å². The van der Waals surface area contributed by atoms with Crippen molar-refractivity contribution in [3.8, 4) is 5.75 Å². The second-order valence-corrected chi connectivity index (χ2v) is 6.21. The molecule has 5 nitrogen and oxygen atoms in total. The highest BCUT2D eigenvalue weighted by Gasteiger charge is 2.31. The summed E-state index contributed by atoms with van der Waals surface area (Å²) in [6, 6.07) is 12.8. The van der Waals surface area contributed by atoms with Gasteiger partial charge in [-0.05, 0) is 30.5 Å². The average Bonchev–Trinajstić information content (AvgIpc) is 2.62. The minimum Gasteiger partial charge on any atom is -0.505 e. The highest BCUT2D eigenvalue weighted by atomic mass is 19.1. The maximum atomic E-state index is 14.0. The number of nitrogens with zero attached hydrogens (tertiary/aromatic N) is 1. The van der Waals surface area contributed by atoms with Crippen LogP contribution in [0.25, 0.3) is 0 Å². The Morgan fingerprint density at radius 2 is 1.80 bits per heavy atom. The number of aromatic hydroxyl groups is 1. The third kappa shape index (κ3) is 3.97. The van der Waals surface area contributed by atoms with Crippen molar-refractivity contribution >= 4 is 11.6 Å². The minimum atomic E-state index is -0.850. The monoisotopic (exact) mass is 344 g/mol. The number of anilines is 1. The first-order valence-corrected chi connectivity index (χ1v) is 8.31. The van der Waals surface area contributed by atoms with E-state index in [-0.39, 0.29) is 17.7 Å². The minimum absolute atomic E-state index is 0.0528. The summed E-state index contributed by atoms with van der Waals surface area (Å²) in [5, 5.41) is 21.8. The van der Waals surface area contributed by atoms with Gasteiger partial charge in [-0.15, -0.1) is 0 Å². The molecule has 1 unspecified atom stereocenters. The van der Waals surface area contributed by atoms with Gasteiger partial charge in [-0.2, -0.15) is 0 Å². The molecule has 0 radical (unpaired) electrons. The smallest absolute Gasteiger partial charge is 0.246 e. The van der Waals surface area contributed by atoms with Crippen LogP contribution in [0.2, 0.25) is 0 Å². The first-order valence-electron chi connectivity index (χ1n) is 8.31. The van der Waals surface area contributed by atoms with E-state index in [9.17, 15) is 19.4 Å². The zero-order valence-corrected chi connectivity index (χ0v) is 13.7. The number of carbonyl (C=O) groups is 1. The number of nitrogens with one attached hydrogen (secondary N) is 1. The van der Waals surface area contributed by atoms with Crippen molar-refractivity contribution in [1.29, 1.82) is 0 Å². The summed E-state index contributed by atoms with van der Waals surface area (Å²) < 4.78 is 14.0. The van der Waals surface area contributed by atoms with Crippen LogP contribution in [-0.2, 0) is 4.79 Å². The summed E-state index contributed by atoms with van der Waals surface area (Å²) in [6.45, 7) is 1.16. The molecule has 6 heteroatoms. The van der Waals surface area contributed by atoms with Crippen LogP contribution in [0.5, 0.6) is 5.75 Å². The molecule has 1 amide bonds. The molecule has 2 aromatic carbocycles. The van der Waals surface area contributed by atoms with Gasteiger partial charge in [0.1, 0.15) is 6.04 Å². The lowest BCUT2D eigenvalue weighted by Gasteiger charge is -2.35. The third-order valence-electron chi connectivity index (χ3n) is 4.46. The molecule has 0 aromatic heterocycles. The maximum absolute atomic E-state index is 14.0. The summed E-state index contributed by atoms with van der Waals surface area (Å²) >= 11 is 0. The van der Waals surface area contributed by atoms with Gasteiger partial charge in [-0.3, -0.25) is 9.69 Å². The Morgan fingerprint density at radius 1 is 1.12 bits per heavy atom. The second kappa shape index (κ2) is 7.63. The van der Waals surface area contributed by atoms with E-state index in [1.807, 2.05) is 35.2 Å². The molecule has 25 heavy (non-hydrogen) atoms. The van der Waals surface area contributed by atoms with Crippen molar-refractivity contribution in [3.63, 3.8) is 0 Å². The number of piperidine rings is 1. The van der Waals surface area contributed by atoms with Crippen molar-refractivity contribution in [1.82, 2.24) is 4.90 Å². The molecular formula is C19H21FN2O3. The Morgan fingerprint density at radius 3 is 2.48 bits per heavy atom. The highest BCUT2D eigenvalue weighted by molar-refractivity contribution is 5.95. The molecule has 0 spiro atoms. The SMILES string of the molecule is O=C(Nc1cccc(O)c1F)C(c1ccccc1)N1CCC(O)CC1. The number of hydrogen-bond acceptors (Lipinski definition) is 4.